The molecule has 0 aromatic rings. The highest BCUT2D eigenvalue weighted by atomic mass is 19.2. The van der Waals surface area contributed by atoms with E-state index in [-0.39, 0.29) is 13.0 Å². The summed E-state index contributed by atoms with van der Waals surface area (Å²) in [7, 11) is 0. The van der Waals surface area contributed by atoms with E-state index < -0.39 is 12.8 Å². The summed E-state index contributed by atoms with van der Waals surface area (Å²) >= 11 is 0. The van der Waals surface area contributed by atoms with Gasteiger partial charge in [0.1, 0.15) is 12.8 Å². The summed E-state index contributed by atoms with van der Waals surface area (Å²) in [5.74, 6) is 0. The van der Waals surface area contributed by atoms with Crippen LogP contribution in [0.1, 0.15) is 6.42 Å². The fourth-order valence-electron chi connectivity index (χ4n) is 0.217. The van der Waals surface area contributed by atoms with Crippen LogP contribution in [0.2, 0.25) is 0 Å². The van der Waals surface area contributed by atoms with Crippen molar-refractivity contribution in [1.82, 2.24) is 0 Å². The molecule has 7 heavy (non-hydrogen) atoms. The molecule has 0 fully saturated rings. The average molecular weight is 110 g/mol. The Morgan fingerprint density at radius 1 is 1.57 bits per heavy atom. The third-order valence-corrected chi connectivity index (χ3v) is 0.610. The lowest BCUT2D eigenvalue weighted by molar-refractivity contribution is 0.191. The molecule has 1 unspecified atom stereocenters. The van der Waals surface area contributed by atoms with Crippen LogP contribution in [0.15, 0.2) is 0 Å². The minimum absolute atomic E-state index is 0.0868. The van der Waals surface area contributed by atoms with Gasteiger partial charge in [0.05, 0.1) is 0 Å². The first-order chi connectivity index (χ1) is 3.31. The quantitative estimate of drug-likeness (QED) is 0.566. The van der Waals surface area contributed by atoms with Crippen molar-refractivity contribution in [2.24, 2.45) is 0 Å². The Balaban J connectivity index is 2.83. The van der Waals surface area contributed by atoms with Gasteiger partial charge >= 0.3 is 0 Å². The predicted octanol–water partition coefficient (Wildman–Crippen LogP) is 0.676. The zero-order valence-corrected chi connectivity index (χ0v) is 3.90. The highest BCUT2D eigenvalue weighted by molar-refractivity contribution is 4.49. The van der Waals surface area contributed by atoms with Crippen LogP contribution in [0.5, 0.6) is 0 Å². The van der Waals surface area contributed by atoms with E-state index in [9.17, 15) is 8.78 Å². The number of aliphatic hydroxyl groups excluding tert-OH is 1. The van der Waals surface area contributed by atoms with E-state index in [4.69, 9.17) is 5.11 Å². The van der Waals surface area contributed by atoms with Gasteiger partial charge in [0.15, 0.2) is 0 Å². The van der Waals surface area contributed by atoms with E-state index in [0.717, 1.165) is 0 Å². The number of aliphatic hydroxyl groups is 1. The van der Waals surface area contributed by atoms with Gasteiger partial charge in [-0.2, -0.15) is 0 Å². The van der Waals surface area contributed by atoms with Crippen molar-refractivity contribution in [1.29, 1.82) is 0 Å². The monoisotopic (exact) mass is 110 g/mol. The Kier molecular flexibility index (Phi) is 3.89. The molecule has 0 spiro atoms. The standard InChI is InChI=1S/C4H8F2O/c5-3-4(6)1-2-7/h4,7H,1-3H2. The highest BCUT2D eigenvalue weighted by Gasteiger charge is 2.01. The molecule has 0 aliphatic heterocycles. The van der Waals surface area contributed by atoms with E-state index in [1.54, 1.807) is 0 Å². The molecule has 0 aliphatic carbocycles. The fourth-order valence-corrected chi connectivity index (χ4v) is 0.217. The van der Waals surface area contributed by atoms with Crippen LogP contribution in [-0.4, -0.2) is 24.6 Å². The number of hydrogen-bond acceptors (Lipinski definition) is 1. The smallest absolute Gasteiger partial charge is 0.131 e. The van der Waals surface area contributed by atoms with Crippen molar-refractivity contribution in [3.05, 3.63) is 0 Å². The van der Waals surface area contributed by atoms with Gasteiger partial charge in [0.25, 0.3) is 0 Å². The zero-order valence-electron chi connectivity index (χ0n) is 3.90. The van der Waals surface area contributed by atoms with E-state index in [2.05, 4.69) is 0 Å². The topological polar surface area (TPSA) is 20.2 Å². The molecule has 1 N–H and O–H groups in total. The normalized spacial score (nSPS) is 14.1. The molecule has 0 aliphatic rings. The molecule has 0 bridgehead atoms. The van der Waals surface area contributed by atoms with Crippen molar-refractivity contribution in [2.75, 3.05) is 13.3 Å². The Bertz CT molecular complexity index is 40.7. The lowest BCUT2D eigenvalue weighted by atomic mass is 10.3. The van der Waals surface area contributed by atoms with Crippen LogP contribution in [0.4, 0.5) is 8.78 Å². The number of halogens is 2. The summed E-state index contributed by atoms with van der Waals surface area (Å²) in [5.41, 5.74) is 0. The van der Waals surface area contributed by atoms with Gasteiger partial charge in [-0.15, -0.1) is 0 Å². The van der Waals surface area contributed by atoms with Crippen LogP contribution in [0.3, 0.4) is 0 Å². The van der Waals surface area contributed by atoms with E-state index in [1.165, 1.54) is 0 Å². The van der Waals surface area contributed by atoms with E-state index in [1.807, 2.05) is 0 Å². The second-order valence-electron chi connectivity index (χ2n) is 1.26. The maximum atomic E-state index is 11.6. The average Bonchev–Trinajstić information content (AvgIpc) is 1.68. The summed E-state index contributed by atoms with van der Waals surface area (Å²) in [6.45, 7) is -1.26. The minimum Gasteiger partial charge on any atom is -0.396 e. The molecule has 0 radical (unpaired) electrons. The lowest BCUT2D eigenvalue weighted by Crippen LogP contribution is -2.03. The van der Waals surface area contributed by atoms with Gasteiger partial charge in [-0.25, -0.2) is 8.78 Å². The molecule has 3 heteroatoms. The van der Waals surface area contributed by atoms with Gasteiger partial charge in [-0.1, -0.05) is 0 Å². The predicted molar refractivity (Wildman–Crippen MR) is 22.6 cm³/mol. The van der Waals surface area contributed by atoms with Crippen LogP contribution in [-0.2, 0) is 0 Å². The Morgan fingerprint density at radius 2 is 2.14 bits per heavy atom. The first kappa shape index (κ1) is 6.82. The molecule has 0 aromatic heterocycles. The van der Waals surface area contributed by atoms with Crippen LogP contribution < -0.4 is 0 Å². The minimum atomic E-state index is -1.47. The lowest BCUT2D eigenvalue weighted by Gasteiger charge is -1.95. The molecule has 1 nitrogen and oxygen atoms in total. The number of alkyl halides is 2. The van der Waals surface area contributed by atoms with Gasteiger partial charge in [-0.05, 0) is 0 Å². The van der Waals surface area contributed by atoms with E-state index in [0.29, 0.717) is 0 Å². The van der Waals surface area contributed by atoms with Crippen molar-refractivity contribution >= 4 is 0 Å². The Morgan fingerprint density at radius 3 is 2.29 bits per heavy atom. The van der Waals surface area contributed by atoms with Crippen LogP contribution in [0, 0.1) is 0 Å². The number of hydrogen-bond donors (Lipinski definition) is 1. The molecule has 0 saturated heterocycles. The van der Waals surface area contributed by atoms with Crippen molar-refractivity contribution in [2.45, 2.75) is 12.6 Å². The molecule has 0 amide bonds. The van der Waals surface area contributed by atoms with Gasteiger partial charge in [-0.3, -0.25) is 0 Å². The van der Waals surface area contributed by atoms with Gasteiger partial charge in [0, 0.05) is 13.0 Å². The molecule has 0 rings (SSSR count). The van der Waals surface area contributed by atoms with Gasteiger partial charge < -0.3 is 5.11 Å². The van der Waals surface area contributed by atoms with Crippen molar-refractivity contribution < 1.29 is 13.9 Å². The summed E-state index contributed by atoms with van der Waals surface area (Å²) in [6, 6.07) is 0. The molecule has 1 atom stereocenters. The molecule has 44 valence electrons. The summed E-state index contributed by atoms with van der Waals surface area (Å²) in [5, 5.41) is 7.96. The highest BCUT2D eigenvalue weighted by Crippen LogP contribution is 1.95. The summed E-state index contributed by atoms with van der Waals surface area (Å²) < 4.78 is 22.7. The Hall–Kier alpha value is -0.180. The van der Waals surface area contributed by atoms with Crippen LogP contribution in [0.25, 0.3) is 0 Å². The van der Waals surface area contributed by atoms with Crippen molar-refractivity contribution in [3.63, 3.8) is 0 Å². The first-order valence-electron chi connectivity index (χ1n) is 2.12. The zero-order chi connectivity index (χ0) is 5.70. The van der Waals surface area contributed by atoms with E-state index >= 15 is 0 Å². The fraction of sp³-hybridized carbons (Fsp3) is 1.00. The third kappa shape index (κ3) is 3.66. The third-order valence-electron chi connectivity index (χ3n) is 0.610. The van der Waals surface area contributed by atoms with Crippen molar-refractivity contribution in [3.8, 4) is 0 Å². The maximum Gasteiger partial charge on any atom is 0.131 e. The molecule has 0 aromatic carbocycles. The molecule has 0 saturated carbocycles. The summed E-state index contributed by atoms with van der Waals surface area (Å²) in [6.07, 6.45) is -1.55. The summed E-state index contributed by atoms with van der Waals surface area (Å²) in [4.78, 5) is 0. The molecule has 0 heterocycles. The van der Waals surface area contributed by atoms with Crippen LogP contribution >= 0.6 is 0 Å². The number of rotatable bonds is 3. The van der Waals surface area contributed by atoms with Gasteiger partial charge in [0.2, 0.25) is 0 Å². The first-order valence-corrected chi connectivity index (χ1v) is 2.12. The maximum absolute atomic E-state index is 11.6. The SMILES string of the molecule is OCCC(F)CF. The largest absolute Gasteiger partial charge is 0.396 e. The molecular weight excluding hydrogens is 102 g/mol. The second-order valence-corrected chi connectivity index (χ2v) is 1.26. The molecular formula is C4H8F2O. The Labute approximate surface area is 41.0 Å². The second kappa shape index (κ2) is 3.99.